The molecule has 1 aliphatic carbocycles. The van der Waals surface area contributed by atoms with Gasteiger partial charge in [-0.15, -0.1) is 0 Å². The third-order valence-corrected chi connectivity index (χ3v) is 4.96. The molecule has 0 radical (unpaired) electrons. The van der Waals surface area contributed by atoms with Crippen LogP contribution in [0.3, 0.4) is 0 Å². The fourth-order valence-corrected chi connectivity index (χ4v) is 3.02. The van der Waals surface area contributed by atoms with Crippen LogP contribution < -0.4 is 10.6 Å². The van der Waals surface area contributed by atoms with E-state index in [9.17, 15) is 9.59 Å². The molecule has 150 valence electrons. The van der Waals surface area contributed by atoms with E-state index in [1.54, 1.807) is 0 Å². The average Bonchev–Trinajstić information content (AvgIpc) is 3.05. The number of hydrogen-bond acceptors (Lipinski definition) is 4. The van der Waals surface area contributed by atoms with Crippen molar-refractivity contribution < 1.29 is 14.3 Å². The van der Waals surface area contributed by atoms with Gasteiger partial charge in [-0.2, -0.15) is 5.10 Å². The number of aromatic amines is 1. The smallest absolute Gasteiger partial charge is 0.407 e. The monoisotopic (exact) mass is 384 g/mol. The predicted octanol–water partition coefficient (Wildman–Crippen LogP) is 4.13. The van der Waals surface area contributed by atoms with Gasteiger partial charge in [-0.05, 0) is 25.3 Å². The van der Waals surface area contributed by atoms with E-state index in [-0.39, 0.29) is 24.0 Å². The van der Waals surface area contributed by atoms with Gasteiger partial charge >= 0.3 is 6.09 Å². The maximum atomic E-state index is 12.1. The Hall–Kier alpha value is -2.83. The zero-order valence-electron chi connectivity index (χ0n) is 16.8. The summed E-state index contributed by atoms with van der Waals surface area (Å²) < 4.78 is 5.49. The minimum absolute atomic E-state index is 0.0791. The van der Waals surface area contributed by atoms with E-state index in [1.165, 1.54) is 0 Å². The molecule has 7 heteroatoms. The summed E-state index contributed by atoms with van der Waals surface area (Å²) in [4.78, 5) is 24.1. The summed E-state index contributed by atoms with van der Waals surface area (Å²) in [5, 5.41) is 12.8. The van der Waals surface area contributed by atoms with Crippen molar-refractivity contribution in [1.29, 1.82) is 0 Å². The molecule has 0 unspecified atom stereocenters. The summed E-state index contributed by atoms with van der Waals surface area (Å²) in [6.45, 7) is 7.49. The number of amides is 2. The Labute approximate surface area is 165 Å². The van der Waals surface area contributed by atoms with Gasteiger partial charge in [0.15, 0.2) is 5.82 Å². The van der Waals surface area contributed by atoms with E-state index < -0.39 is 11.5 Å². The van der Waals surface area contributed by atoms with Crippen molar-refractivity contribution in [2.45, 2.75) is 58.6 Å². The number of benzene rings is 1. The number of anilines is 1. The van der Waals surface area contributed by atoms with Crippen molar-refractivity contribution in [1.82, 2.24) is 15.5 Å². The van der Waals surface area contributed by atoms with Gasteiger partial charge in [0.1, 0.15) is 6.10 Å². The molecule has 0 spiro atoms. The minimum Gasteiger partial charge on any atom is -0.446 e. The fourth-order valence-electron chi connectivity index (χ4n) is 3.02. The van der Waals surface area contributed by atoms with Crippen molar-refractivity contribution in [3.8, 4) is 0 Å². The molecule has 2 aromatic rings. The fraction of sp³-hybridized carbons (Fsp3) is 0.476. The SMILES string of the molecule is C[C@H](NC(=O)O[C@H]1C[C@@H](c2cc(NC(=O)C(C)(C)C)n[nH]2)C1)c1ccccc1. The van der Waals surface area contributed by atoms with Crippen molar-refractivity contribution in [3.63, 3.8) is 0 Å². The largest absolute Gasteiger partial charge is 0.446 e. The lowest BCUT2D eigenvalue weighted by Gasteiger charge is -2.34. The van der Waals surface area contributed by atoms with E-state index in [2.05, 4.69) is 20.8 Å². The second kappa shape index (κ2) is 8.04. The molecule has 7 nitrogen and oxygen atoms in total. The molecule has 3 N–H and O–H groups in total. The van der Waals surface area contributed by atoms with Gasteiger partial charge in [0.2, 0.25) is 5.91 Å². The van der Waals surface area contributed by atoms with Crippen LogP contribution in [0, 0.1) is 5.41 Å². The van der Waals surface area contributed by atoms with Gasteiger partial charge < -0.3 is 15.4 Å². The molecule has 1 fully saturated rings. The normalized spacial score (nSPS) is 20.0. The minimum atomic E-state index is -0.473. The molecule has 1 aromatic carbocycles. The van der Waals surface area contributed by atoms with Gasteiger partial charge in [0, 0.05) is 23.1 Å². The topological polar surface area (TPSA) is 96.1 Å². The Morgan fingerprint density at radius 3 is 2.54 bits per heavy atom. The third-order valence-electron chi connectivity index (χ3n) is 4.96. The third kappa shape index (κ3) is 4.91. The number of rotatable bonds is 5. The Morgan fingerprint density at radius 2 is 1.89 bits per heavy atom. The second-order valence-electron chi connectivity index (χ2n) is 8.39. The van der Waals surface area contributed by atoms with Crippen LogP contribution in [-0.2, 0) is 9.53 Å². The van der Waals surface area contributed by atoms with Crippen LogP contribution in [0.2, 0.25) is 0 Å². The van der Waals surface area contributed by atoms with Gasteiger partial charge in [0.05, 0.1) is 6.04 Å². The van der Waals surface area contributed by atoms with E-state index in [0.29, 0.717) is 5.82 Å². The zero-order chi connectivity index (χ0) is 20.3. The first-order valence-corrected chi connectivity index (χ1v) is 9.61. The lowest BCUT2D eigenvalue weighted by atomic mass is 9.80. The molecule has 1 aliphatic rings. The highest BCUT2D eigenvalue weighted by Gasteiger charge is 2.35. The van der Waals surface area contributed by atoms with E-state index >= 15 is 0 Å². The number of nitrogens with zero attached hydrogens (tertiary/aromatic N) is 1. The number of carbonyl (C=O) groups excluding carboxylic acids is 2. The summed E-state index contributed by atoms with van der Waals surface area (Å²) >= 11 is 0. The van der Waals surface area contributed by atoms with Crippen molar-refractivity contribution in [2.75, 3.05) is 5.32 Å². The molecule has 0 bridgehead atoms. The highest BCUT2D eigenvalue weighted by atomic mass is 16.6. The highest BCUT2D eigenvalue weighted by molar-refractivity contribution is 5.93. The molecule has 1 heterocycles. The number of nitrogens with one attached hydrogen (secondary N) is 3. The molecule has 28 heavy (non-hydrogen) atoms. The van der Waals surface area contributed by atoms with E-state index in [1.807, 2.05) is 64.1 Å². The predicted molar refractivity (Wildman–Crippen MR) is 107 cm³/mol. The summed E-state index contributed by atoms with van der Waals surface area (Å²) in [7, 11) is 0. The molecule has 1 saturated carbocycles. The maximum absolute atomic E-state index is 12.1. The Kier molecular flexibility index (Phi) is 5.72. The Bertz CT molecular complexity index is 820. The number of H-pyrrole nitrogens is 1. The van der Waals surface area contributed by atoms with Crippen LogP contribution in [0.5, 0.6) is 0 Å². The van der Waals surface area contributed by atoms with Gasteiger partial charge in [0.25, 0.3) is 0 Å². The molecule has 0 saturated heterocycles. The quantitative estimate of drug-likeness (QED) is 0.722. The summed E-state index contributed by atoms with van der Waals surface area (Å²) in [6.07, 6.45) is 0.968. The summed E-state index contributed by atoms with van der Waals surface area (Å²) in [5.41, 5.74) is 1.51. The average molecular weight is 384 g/mol. The number of hydrogen-bond donors (Lipinski definition) is 3. The van der Waals surface area contributed by atoms with Crippen molar-refractivity contribution in [2.24, 2.45) is 5.41 Å². The van der Waals surface area contributed by atoms with Crippen LogP contribution in [-0.4, -0.2) is 28.3 Å². The van der Waals surface area contributed by atoms with Crippen LogP contribution in [0.1, 0.15) is 63.8 Å². The number of aromatic nitrogens is 2. The van der Waals surface area contributed by atoms with Gasteiger partial charge in [-0.1, -0.05) is 51.1 Å². The molecule has 1 aromatic heterocycles. The first-order chi connectivity index (χ1) is 13.2. The highest BCUT2D eigenvalue weighted by Crippen LogP contribution is 2.38. The van der Waals surface area contributed by atoms with E-state index in [4.69, 9.17) is 4.74 Å². The van der Waals surface area contributed by atoms with Crippen LogP contribution >= 0.6 is 0 Å². The van der Waals surface area contributed by atoms with E-state index in [0.717, 1.165) is 24.1 Å². The Balaban J connectivity index is 1.43. The Morgan fingerprint density at radius 1 is 1.21 bits per heavy atom. The van der Waals surface area contributed by atoms with Crippen LogP contribution in [0.4, 0.5) is 10.6 Å². The lowest BCUT2D eigenvalue weighted by molar-refractivity contribution is -0.123. The first kappa shape index (κ1) is 19.9. The van der Waals surface area contributed by atoms with Gasteiger partial charge in [-0.3, -0.25) is 9.89 Å². The standard InChI is InChI=1S/C21H28N4O3/c1-13(14-8-6-5-7-9-14)22-20(27)28-16-10-15(11-16)17-12-18(25-24-17)23-19(26)21(2,3)4/h5-9,12-13,15-16H,10-11H2,1-4H3,(H,22,27)(H2,23,24,25,26)/t13-,15-,16+/m0/s1. The molecule has 2 amide bonds. The lowest BCUT2D eigenvalue weighted by Crippen LogP contribution is -2.37. The molecular weight excluding hydrogens is 356 g/mol. The van der Waals surface area contributed by atoms with Crippen LogP contribution in [0.15, 0.2) is 36.4 Å². The van der Waals surface area contributed by atoms with Crippen LogP contribution in [0.25, 0.3) is 0 Å². The van der Waals surface area contributed by atoms with Crippen molar-refractivity contribution >= 4 is 17.8 Å². The molecule has 1 atom stereocenters. The molecule has 0 aliphatic heterocycles. The zero-order valence-corrected chi connectivity index (χ0v) is 16.8. The number of ether oxygens (including phenoxy) is 1. The maximum Gasteiger partial charge on any atom is 0.407 e. The van der Waals surface area contributed by atoms with Crippen molar-refractivity contribution in [3.05, 3.63) is 47.7 Å². The number of alkyl carbamates (subject to hydrolysis) is 1. The summed E-state index contributed by atoms with van der Waals surface area (Å²) in [6, 6.07) is 11.5. The molecule has 3 rings (SSSR count). The first-order valence-electron chi connectivity index (χ1n) is 9.61. The van der Waals surface area contributed by atoms with Gasteiger partial charge in [-0.25, -0.2) is 4.79 Å². The molecular formula is C21H28N4O3. The summed E-state index contributed by atoms with van der Waals surface area (Å²) in [5.74, 6) is 0.690. The number of carbonyl (C=O) groups is 2. The second-order valence-corrected chi connectivity index (χ2v) is 8.39.